The zero-order chi connectivity index (χ0) is 14.7. The molecule has 1 heterocycles. The first-order valence-corrected chi connectivity index (χ1v) is 7.26. The zero-order valence-corrected chi connectivity index (χ0v) is 12.9. The van der Waals surface area contributed by atoms with Crippen molar-refractivity contribution >= 4 is 27.7 Å². The molecule has 2 amide bonds. The number of halogens is 1. The molecular weight excluding hydrogens is 324 g/mol. The fourth-order valence-corrected chi connectivity index (χ4v) is 2.77. The van der Waals surface area contributed by atoms with Crippen LogP contribution in [0.2, 0.25) is 0 Å². The highest BCUT2D eigenvalue weighted by molar-refractivity contribution is 9.10. The largest absolute Gasteiger partial charge is 0.387 e. The molecule has 20 heavy (non-hydrogen) atoms. The van der Waals surface area contributed by atoms with Gasteiger partial charge in [-0.2, -0.15) is 0 Å². The molecule has 0 spiro atoms. The number of amides is 2. The second-order valence-electron chi connectivity index (χ2n) is 4.79. The maximum Gasteiger partial charge on any atom is 0.254 e. The highest BCUT2D eigenvalue weighted by Crippen LogP contribution is 2.18. The number of benzene rings is 1. The van der Waals surface area contributed by atoms with Gasteiger partial charge in [-0.05, 0) is 30.7 Å². The highest BCUT2D eigenvalue weighted by Gasteiger charge is 2.25. The van der Waals surface area contributed by atoms with E-state index >= 15 is 0 Å². The van der Waals surface area contributed by atoms with Crippen LogP contribution in [-0.4, -0.2) is 59.5 Å². The van der Waals surface area contributed by atoms with Crippen molar-refractivity contribution in [3.05, 3.63) is 33.8 Å². The average molecular weight is 341 g/mol. The van der Waals surface area contributed by atoms with Gasteiger partial charge in [0, 0.05) is 36.2 Å². The molecule has 1 aromatic carbocycles. The van der Waals surface area contributed by atoms with Crippen molar-refractivity contribution in [1.82, 2.24) is 9.80 Å². The van der Waals surface area contributed by atoms with Crippen molar-refractivity contribution < 1.29 is 14.7 Å². The molecule has 1 fully saturated rings. The van der Waals surface area contributed by atoms with Crippen molar-refractivity contribution in [3.8, 4) is 0 Å². The third kappa shape index (κ3) is 3.19. The lowest BCUT2D eigenvalue weighted by Crippen LogP contribution is -2.51. The Kier molecular flexibility index (Phi) is 4.77. The summed E-state index contributed by atoms with van der Waals surface area (Å²) in [5.41, 5.74) is 1.62. The Balaban J connectivity index is 2.03. The second kappa shape index (κ2) is 6.37. The van der Waals surface area contributed by atoms with Gasteiger partial charge >= 0.3 is 0 Å². The normalized spacial score (nSPS) is 15.3. The summed E-state index contributed by atoms with van der Waals surface area (Å²) in [7, 11) is 0. The summed E-state index contributed by atoms with van der Waals surface area (Å²) in [4.78, 5) is 27.1. The van der Waals surface area contributed by atoms with E-state index in [9.17, 15) is 9.59 Å². The standard InChI is InChI=1S/C14H17BrN2O3/c1-10-8-11(15)2-3-12(10)14(20)17-6-4-16(5-7-17)13(19)9-18/h2-3,8,18H,4-7,9H2,1H3. The van der Waals surface area contributed by atoms with Gasteiger partial charge in [0.1, 0.15) is 6.61 Å². The molecule has 1 aliphatic heterocycles. The number of rotatable bonds is 2. The molecule has 6 heteroatoms. The Hall–Kier alpha value is -1.40. The number of aryl methyl sites for hydroxylation is 1. The number of aliphatic hydroxyl groups excluding tert-OH is 1. The molecule has 1 aliphatic rings. The molecule has 0 atom stereocenters. The Bertz CT molecular complexity index is 525. The monoisotopic (exact) mass is 340 g/mol. The maximum absolute atomic E-state index is 12.4. The topological polar surface area (TPSA) is 60.9 Å². The van der Waals surface area contributed by atoms with E-state index in [2.05, 4.69) is 15.9 Å². The van der Waals surface area contributed by atoms with Crippen molar-refractivity contribution in [2.75, 3.05) is 32.8 Å². The van der Waals surface area contributed by atoms with Gasteiger partial charge in [0.15, 0.2) is 0 Å². The Labute approximate surface area is 126 Å². The van der Waals surface area contributed by atoms with Crippen LogP contribution in [-0.2, 0) is 4.79 Å². The van der Waals surface area contributed by atoms with Crippen molar-refractivity contribution in [1.29, 1.82) is 0 Å². The van der Waals surface area contributed by atoms with Crippen LogP contribution in [0.5, 0.6) is 0 Å². The minimum Gasteiger partial charge on any atom is -0.387 e. The van der Waals surface area contributed by atoms with Crippen molar-refractivity contribution in [3.63, 3.8) is 0 Å². The van der Waals surface area contributed by atoms with Crippen LogP contribution >= 0.6 is 15.9 Å². The summed E-state index contributed by atoms with van der Waals surface area (Å²) < 4.78 is 0.949. The summed E-state index contributed by atoms with van der Waals surface area (Å²) in [5, 5.41) is 8.83. The highest BCUT2D eigenvalue weighted by atomic mass is 79.9. The SMILES string of the molecule is Cc1cc(Br)ccc1C(=O)N1CCN(C(=O)CO)CC1. The van der Waals surface area contributed by atoms with E-state index in [1.165, 1.54) is 0 Å². The van der Waals surface area contributed by atoms with Gasteiger partial charge in [0.05, 0.1) is 0 Å². The molecule has 2 rings (SSSR count). The van der Waals surface area contributed by atoms with Crippen LogP contribution < -0.4 is 0 Å². The van der Waals surface area contributed by atoms with Crippen molar-refractivity contribution in [2.24, 2.45) is 0 Å². The molecule has 0 saturated carbocycles. The first kappa shape index (κ1) is 15.0. The average Bonchev–Trinajstić information content (AvgIpc) is 2.46. The lowest BCUT2D eigenvalue weighted by Gasteiger charge is -2.34. The molecule has 1 N–H and O–H groups in total. The molecule has 1 saturated heterocycles. The molecule has 0 bridgehead atoms. The molecular formula is C14H17BrN2O3. The van der Waals surface area contributed by atoms with E-state index in [4.69, 9.17) is 5.11 Å². The van der Waals surface area contributed by atoms with Gasteiger partial charge in [-0.1, -0.05) is 15.9 Å². The van der Waals surface area contributed by atoms with Crippen LogP contribution in [0.3, 0.4) is 0 Å². The third-order valence-corrected chi connectivity index (χ3v) is 3.97. The van der Waals surface area contributed by atoms with E-state index in [1.807, 2.05) is 25.1 Å². The number of aliphatic hydroxyl groups is 1. The first-order chi connectivity index (χ1) is 9.52. The zero-order valence-electron chi connectivity index (χ0n) is 11.3. The molecule has 0 aromatic heterocycles. The predicted octanol–water partition coefficient (Wildman–Crippen LogP) is 1.03. The Morgan fingerprint density at radius 2 is 1.80 bits per heavy atom. The third-order valence-electron chi connectivity index (χ3n) is 3.47. The van der Waals surface area contributed by atoms with E-state index in [0.717, 1.165) is 10.0 Å². The minimum atomic E-state index is -0.472. The number of hydrogen-bond donors (Lipinski definition) is 1. The number of hydrogen-bond acceptors (Lipinski definition) is 3. The maximum atomic E-state index is 12.4. The minimum absolute atomic E-state index is 0.00824. The second-order valence-corrected chi connectivity index (χ2v) is 5.71. The predicted molar refractivity (Wildman–Crippen MR) is 78.4 cm³/mol. The van der Waals surface area contributed by atoms with Crippen LogP contribution in [0.4, 0.5) is 0 Å². The molecule has 5 nitrogen and oxygen atoms in total. The van der Waals surface area contributed by atoms with E-state index in [0.29, 0.717) is 31.7 Å². The lowest BCUT2D eigenvalue weighted by atomic mass is 10.1. The summed E-state index contributed by atoms with van der Waals surface area (Å²) in [6.07, 6.45) is 0. The fourth-order valence-electron chi connectivity index (χ4n) is 2.30. The van der Waals surface area contributed by atoms with Crippen LogP contribution in [0.25, 0.3) is 0 Å². The smallest absolute Gasteiger partial charge is 0.254 e. The van der Waals surface area contributed by atoms with E-state index < -0.39 is 6.61 Å². The van der Waals surface area contributed by atoms with Gasteiger partial charge in [0.25, 0.3) is 5.91 Å². The van der Waals surface area contributed by atoms with Crippen LogP contribution in [0, 0.1) is 6.92 Å². The van der Waals surface area contributed by atoms with Gasteiger partial charge in [0.2, 0.25) is 5.91 Å². The Morgan fingerprint density at radius 3 is 2.35 bits per heavy atom. The summed E-state index contributed by atoms with van der Waals surface area (Å²) in [5.74, 6) is -0.289. The van der Waals surface area contributed by atoms with E-state index in [1.54, 1.807) is 9.80 Å². The summed E-state index contributed by atoms with van der Waals surface area (Å²) in [6, 6.07) is 5.58. The lowest BCUT2D eigenvalue weighted by molar-refractivity contribution is -0.135. The molecule has 0 unspecified atom stereocenters. The fraction of sp³-hybridized carbons (Fsp3) is 0.429. The van der Waals surface area contributed by atoms with E-state index in [-0.39, 0.29) is 11.8 Å². The number of carbonyl (C=O) groups excluding carboxylic acids is 2. The van der Waals surface area contributed by atoms with Crippen LogP contribution in [0.1, 0.15) is 15.9 Å². The summed E-state index contributed by atoms with van der Waals surface area (Å²) >= 11 is 3.38. The summed E-state index contributed by atoms with van der Waals surface area (Å²) in [6.45, 7) is 3.38. The van der Waals surface area contributed by atoms with Gasteiger partial charge in [-0.25, -0.2) is 0 Å². The van der Waals surface area contributed by atoms with Crippen LogP contribution in [0.15, 0.2) is 22.7 Å². The number of nitrogens with zero attached hydrogens (tertiary/aromatic N) is 2. The van der Waals surface area contributed by atoms with Gasteiger partial charge < -0.3 is 14.9 Å². The Morgan fingerprint density at radius 1 is 1.20 bits per heavy atom. The number of piperazine rings is 1. The quantitative estimate of drug-likeness (QED) is 0.874. The first-order valence-electron chi connectivity index (χ1n) is 6.47. The molecule has 0 aliphatic carbocycles. The molecule has 108 valence electrons. The van der Waals surface area contributed by atoms with Gasteiger partial charge in [-0.3, -0.25) is 9.59 Å². The van der Waals surface area contributed by atoms with Crippen molar-refractivity contribution in [2.45, 2.75) is 6.92 Å². The van der Waals surface area contributed by atoms with Gasteiger partial charge in [-0.15, -0.1) is 0 Å². The molecule has 1 aromatic rings. The molecule has 0 radical (unpaired) electrons. The number of carbonyl (C=O) groups is 2.